The Morgan fingerprint density at radius 2 is 1.63 bits per heavy atom. The number of carbonyl (C=O) groups is 2. The number of aliphatic hydroxyl groups is 3. The van der Waals surface area contributed by atoms with Crippen molar-refractivity contribution >= 4 is 11.6 Å². The second-order valence-corrected chi connectivity index (χ2v) is 7.59. The number of hydrogen-bond acceptors (Lipinski definition) is 5. The van der Waals surface area contributed by atoms with E-state index in [-0.39, 0.29) is 24.8 Å². The van der Waals surface area contributed by atoms with E-state index in [4.69, 9.17) is 0 Å². The van der Waals surface area contributed by atoms with Crippen LogP contribution in [0.4, 0.5) is 0 Å². The Labute approximate surface area is 161 Å². The molecule has 1 aliphatic carbocycles. The van der Waals surface area contributed by atoms with Gasteiger partial charge in [-0.05, 0) is 40.5 Å². The fourth-order valence-electron chi connectivity index (χ4n) is 2.89. The predicted octanol–water partition coefficient (Wildman–Crippen LogP) is 4.79. The maximum Gasteiger partial charge on any atom is 0.209 e. The smallest absolute Gasteiger partial charge is 0.209 e. The van der Waals surface area contributed by atoms with E-state index in [1.54, 1.807) is 12.2 Å². The third-order valence-electron chi connectivity index (χ3n) is 4.61. The second kappa shape index (κ2) is 9.70. The van der Waals surface area contributed by atoms with Crippen molar-refractivity contribution in [1.82, 2.24) is 0 Å². The van der Waals surface area contributed by atoms with E-state index in [0.29, 0.717) is 6.42 Å². The quantitative estimate of drug-likeness (QED) is 0.306. The van der Waals surface area contributed by atoms with Gasteiger partial charge in [-0.2, -0.15) is 0 Å². The molecule has 1 rings (SSSR count). The van der Waals surface area contributed by atoms with Crippen molar-refractivity contribution in [2.75, 3.05) is 0 Å². The summed E-state index contributed by atoms with van der Waals surface area (Å²) < 4.78 is 0. The Kier molecular flexibility index (Phi) is 8.22. The average Bonchev–Trinajstić information content (AvgIpc) is 2.58. The summed E-state index contributed by atoms with van der Waals surface area (Å²) in [6, 6.07) is 0. The molecule has 0 amide bonds. The van der Waals surface area contributed by atoms with Crippen LogP contribution < -0.4 is 0 Å². The van der Waals surface area contributed by atoms with E-state index >= 15 is 0 Å². The topological polar surface area (TPSA) is 94.8 Å². The van der Waals surface area contributed by atoms with Crippen molar-refractivity contribution in [3.8, 4) is 0 Å². The van der Waals surface area contributed by atoms with Crippen molar-refractivity contribution < 1.29 is 24.9 Å². The number of hydrogen-bond donors (Lipinski definition) is 3. The van der Waals surface area contributed by atoms with Gasteiger partial charge in [-0.15, -0.1) is 0 Å². The van der Waals surface area contributed by atoms with Gasteiger partial charge in [0.2, 0.25) is 5.78 Å². The zero-order valence-corrected chi connectivity index (χ0v) is 17.1. The lowest BCUT2D eigenvalue weighted by atomic mass is 9.77. The van der Waals surface area contributed by atoms with Crippen LogP contribution in [0.3, 0.4) is 0 Å². The Morgan fingerprint density at radius 3 is 2.15 bits per heavy atom. The molecule has 0 spiro atoms. The van der Waals surface area contributed by atoms with E-state index < -0.39 is 34.3 Å². The molecule has 0 radical (unpaired) electrons. The molecule has 0 saturated heterocycles. The summed E-state index contributed by atoms with van der Waals surface area (Å²) in [5.74, 6) is -2.52. The number of carbonyl (C=O) groups excluding carboxylic acids is 2. The van der Waals surface area contributed by atoms with E-state index in [2.05, 4.69) is 0 Å². The lowest BCUT2D eigenvalue weighted by molar-refractivity contribution is -0.135. The number of rotatable bonds is 9. The molecule has 27 heavy (non-hydrogen) atoms. The van der Waals surface area contributed by atoms with Crippen LogP contribution in [0.1, 0.15) is 73.1 Å². The molecule has 0 bridgehead atoms. The summed E-state index contributed by atoms with van der Waals surface area (Å²) in [6.45, 7) is 9.35. The van der Waals surface area contributed by atoms with Gasteiger partial charge in [0.1, 0.15) is 17.1 Å². The number of aliphatic hydroxyl groups excluding tert-OH is 2. The number of ketones is 2. The number of unbranched alkanes of at least 4 members (excludes halogenated alkanes) is 2. The Hall–Kier alpha value is -2.14. The molecule has 0 heterocycles. The average molecular weight is 376 g/mol. The van der Waals surface area contributed by atoms with E-state index in [1.807, 2.05) is 34.6 Å². The maximum atomic E-state index is 12.9. The second-order valence-electron chi connectivity index (χ2n) is 7.59. The molecule has 3 N–H and O–H groups in total. The summed E-state index contributed by atoms with van der Waals surface area (Å²) in [7, 11) is 0. The first-order valence-corrected chi connectivity index (χ1v) is 9.49. The maximum absolute atomic E-state index is 12.9. The van der Waals surface area contributed by atoms with Crippen LogP contribution >= 0.6 is 0 Å². The molecule has 0 aromatic rings. The summed E-state index contributed by atoms with van der Waals surface area (Å²) in [5, 5.41) is 32.2. The van der Waals surface area contributed by atoms with Crippen LogP contribution in [-0.2, 0) is 9.59 Å². The van der Waals surface area contributed by atoms with Crippen LogP contribution in [0.2, 0.25) is 0 Å². The predicted molar refractivity (Wildman–Crippen MR) is 107 cm³/mol. The summed E-state index contributed by atoms with van der Waals surface area (Å²) in [5.41, 5.74) is -0.789. The first-order valence-electron chi connectivity index (χ1n) is 9.49. The van der Waals surface area contributed by atoms with Gasteiger partial charge in [0.25, 0.3) is 0 Å². The van der Waals surface area contributed by atoms with E-state index in [0.717, 1.165) is 24.0 Å². The van der Waals surface area contributed by atoms with Crippen LogP contribution in [0.5, 0.6) is 0 Å². The zero-order chi connectivity index (χ0) is 20.8. The highest BCUT2D eigenvalue weighted by Crippen LogP contribution is 2.38. The third kappa shape index (κ3) is 5.42. The Balaban J connectivity index is 3.46. The molecule has 5 heteroatoms. The van der Waals surface area contributed by atoms with Crippen LogP contribution in [0.15, 0.2) is 46.0 Å². The van der Waals surface area contributed by atoms with Gasteiger partial charge >= 0.3 is 0 Å². The number of allylic oxidation sites excluding steroid dienone is 4. The van der Waals surface area contributed by atoms with Gasteiger partial charge in [-0.1, -0.05) is 43.1 Å². The lowest BCUT2D eigenvalue weighted by Crippen LogP contribution is -2.46. The van der Waals surface area contributed by atoms with Gasteiger partial charge in [0.05, 0.1) is 0 Å². The molecule has 1 atom stereocenters. The highest BCUT2D eigenvalue weighted by molar-refractivity contribution is 6.25. The zero-order valence-electron chi connectivity index (χ0n) is 17.1. The minimum absolute atomic E-state index is 0.0271. The molecule has 0 fully saturated rings. The minimum atomic E-state index is -2.23. The summed E-state index contributed by atoms with van der Waals surface area (Å²) in [4.78, 5) is 25.5. The molecule has 0 aromatic heterocycles. The fraction of sp³-hybridized carbons (Fsp3) is 0.545. The lowest BCUT2D eigenvalue weighted by Gasteiger charge is -2.32. The van der Waals surface area contributed by atoms with Gasteiger partial charge < -0.3 is 15.3 Å². The molecular formula is C22H32O5. The molecular weight excluding hydrogens is 344 g/mol. The van der Waals surface area contributed by atoms with Gasteiger partial charge in [-0.3, -0.25) is 9.59 Å². The molecule has 5 nitrogen and oxygen atoms in total. The van der Waals surface area contributed by atoms with Crippen molar-refractivity contribution in [3.05, 3.63) is 46.0 Å². The molecule has 0 saturated carbocycles. The monoisotopic (exact) mass is 376 g/mol. The Bertz CT molecular complexity index is 713. The summed E-state index contributed by atoms with van der Waals surface area (Å²) in [6.07, 6.45) is 5.84. The first-order chi connectivity index (χ1) is 12.6. The Morgan fingerprint density at radius 1 is 1.04 bits per heavy atom. The normalized spacial score (nSPS) is 20.0. The van der Waals surface area contributed by atoms with Gasteiger partial charge in [0, 0.05) is 18.4 Å². The van der Waals surface area contributed by atoms with Crippen LogP contribution in [0, 0.1) is 0 Å². The summed E-state index contributed by atoms with van der Waals surface area (Å²) >= 11 is 0. The highest BCUT2D eigenvalue weighted by atomic mass is 16.3. The van der Waals surface area contributed by atoms with Crippen molar-refractivity contribution in [2.24, 2.45) is 0 Å². The standard InChI is InChI=1S/C22H32O5/c1-6-7-8-9-17(23)18-19(24)16(11-10-14(2)3)20(25)22(27,21(18)26)13-12-15(4)5/h10,12,24-25,27H,6-9,11,13H2,1-5H3/t22-/m1/s1. The minimum Gasteiger partial charge on any atom is -0.508 e. The first kappa shape index (κ1) is 22.9. The van der Waals surface area contributed by atoms with Crippen molar-refractivity contribution in [3.63, 3.8) is 0 Å². The van der Waals surface area contributed by atoms with E-state index in [1.165, 1.54) is 0 Å². The molecule has 150 valence electrons. The highest BCUT2D eigenvalue weighted by Gasteiger charge is 2.49. The van der Waals surface area contributed by atoms with Crippen LogP contribution in [-0.4, -0.2) is 32.5 Å². The van der Waals surface area contributed by atoms with Crippen molar-refractivity contribution in [2.45, 2.75) is 78.7 Å². The molecule has 0 unspecified atom stereocenters. The largest absolute Gasteiger partial charge is 0.508 e. The van der Waals surface area contributed by atoms with Crippen molar-refractivity contribution in [1.29, 1.82) is 0 Å². The third-order valence-corrected chi connectivity index (χ3v) is 4.61. The van der Waals surface area contributed by atoms with E-state index in [9.17, 15) is 24.9 Å². The SMILES string of the molecule is CCCCCC(=O)C1=C(O)C(CC=C(C)C)=C(O)[C@](O)(CC=C(C)C)C1=O. The van der Waals surface area contributed by atoms with Gasteiger partial charge in [-0.25, -0.2) is 0 Å². The molecule has 1 aliphatic rings. The number of Topliss-reactive ketones (excluding diaryl/α,β-unsaturated/α-hetero) is 2. The fourth-order valence-corrected chi connectivity index (χ4v) is 2.89. The van der Waals surface area contributed by atoms with Gasteiger partial charge in [0.15, 0.2) is 11.4 Å². The van der Waals surface area contributed by atoms with Crippen LogP contribution in [0.25, 0.3) is 0 Å². The molecule has 0 aromatic carbocycles. The molecule has 0 aliphatic heterocycles.